The quantitative estimate of drug-likeness (QED) is 0.909. The first-order chi connectivity index (χ1) is 12.7. The summed E-state index contributed by atoms with van der Waals surface area (Å²) in [6.45, 7) is 2.05. The Hall–Kier alpha value is -3.09. The van der Waals surface area contributed by atoms with Crippen LogP contribution in [-0.2, 0) is 6.54 Å². The highest BCUT2D eigenvalue weighted by molar-refractivity contribution is 5.96. The fraction of sp³-hybridized carbons (Fsp3) is 0.316. The maximum atomic E-state index is 12.4. The second-order valence-electron chi connectivity index (χ2n) is 6.28. The minimum Gasteiger partial charge on any atom is -0.454 e. The standard InChI is InChI=1S/C19H19N3O4/c23-18(20-11-13-6-7-16-17(10-13)26-12-25-16)14-4-3-5-15(21-14)19(24)22-8-1-2-9-22/h3-7,10H,1-2,8-9,11-12H2,(H,20,23). The van der Waals surface area contributed by atoms with Crippen LogP contribution >= 0.6 is 0 Å². The first-order valence-corrected chi connectivity index (χ1v) is 8.64. The largest absolute Gasteiger partial charge is 0.454 e. The molecular formula is C19H19N3O4. The van der Waals surface area contributed by atoms with Crippen molar-refractivity contribution in [2.75, 3.05) is 19.9 Å². The van der Waals surface area contributed by atoms with Gasteiger partial charge in [0.1, 0.15) is 11.4 Å². The van der Waals surface area contributed by atoms with Crippen LogP contribution in [0.4, 0.5) is 0 Å². The molecule has 1 fully saturated rings. The van der Waals surface area contributed by atoms with Crippen molar-refractivity contribution in [1.29, 1.82) is 0 Å². The van der Waals surface area contributed by atoms with Gasteiger partial charge in [-0.05, 0) is 42.7 Å². The summed E-state index contributed by atoms with van der Waals surface area (Å²) in [6.07, 6.45) is 2.03. The molecule has 0 spiro atoms. The maximum absolute atomic E-state index is 12.4. The van der Waals surface area contributed by atoms with E-state index < -0.39 is 0 Å². The van der Waals surface area contributed by atoms with Gasteiger partial charge in [-0.15, -0.1) is 0 Å². The lowest BCUT2D eigenvalue weighted by Crippen LogP contribution is -2.29. The Morgan fingerprint density at radius 2 is 1.81 bits per heavy atom. The average Bonchev–Trinajstić information content (AvgIpc) is 3.36. The number of hydrogen-bond acceptors (Lipinski definition) is 5. The van der Waals surface area contributed by atoms with Crippen molar-refractivity contribution in [3.63, 3.8) is 0 Å². The van der Waals surface area contributed by atoms with Gasteiger partial charge in [-0.25, -0.2) is 4.98 Å². The SMILES string of the molecule is O=C(NCc1ccc2c(c1)OCO2)c1cccc(C(=O)N2CCCC2)n1. The molecule has 1 aromatic carbocycles. The van der Waals surface area contributed by atoms with E-state index in [2.05, 4.69) is 10.3 Å². The number of nitrogens with zero attached hydrogens (tertiary/aromatic N) is 2. The van der Waals surface area contributed by atoms with Crippen LogP contribution in [0.2, 0.25) is 0 Å². The lowest BCUT2D eigenvalue weighted by molar-refractivity contribution is 0.0787. The predicted octanol–water partition coefficient (Wildman–Crippen LogP) is 1.98. The molecule has 7 heteroatoms. The number of ether oxygens (including phenoxy) is 2. The zero-order valence-electron chi connectivity index (χ0n) is 14.2. The van der Waals surface area contributed by atoms with Crippen LogP contribution in [-0.4, -0.2) is 41.6 Å². The molecule has 134 valence electrons. The normalized spacial score (nSPS) is 15.2. The maximum Gasteiger partial charge on any atom is 0.272 e. The molecule has 1 aromatic heterocycles. The van der Waals surface area contributed by atoms with Gasteiger partial charge in [-0.1, -0.05) is 12.1 Å². The zero-order valence-corrected chi connectivity index (χ0v) is 14.2. The molecule has 2 aromatic rings. The van der Waals surface area contributed by atoms with Crippen LogP contribution in [0.25, 0.3) is 0 Å². The van der Waals surface area contributed by atoms with Gasteiger partial charge in [0.25, 0.3) is 11.8 Å². The summed E-state index contributed by atoms with van der Waals surface area (Å²) in [5, 5.41) is 2.82. The first-order valence-electron chi connectivity index (χ1n) is 8.64. The van der Waals surface area contributed by atoms with Gasteiger partial charge in [0.15, 0.2) is 11.5 Å². The first kappa shape index (κ1) is 16.4. The van der Waals surface area contributed by atoms with E-state index in [1.807, 2.05) is 18.2 Å². The molecule has 1 saturated heterocycles. The van der Waals surface area contributed by atoms with E-state index in [1.165, 1.54) is 0 Å². The van der Waals surface area contributed by atoms with Crippen LogP contribution in [0.1, 0.15) is 39.4 Å². The number of aromatic nitrogens is 1. The summed E-state index contributed by atoms with van der Waals surface area (Å²) >= 11 is 0. The minimum atomic E-state index is -0.321. The molecule has 0 aliphatic carbocycles. The van der Waals surface area contributed by atoms with Crippen LogP contribution in [0.15, 0.2) is 36.4 Å². The van der Waals surface area contributed by atoms with Gasteiger partial charge in [0.2, 0.25) is 6.79 Å². The van der Waals surface area contributed by atoms with Crippen LogP contribution in [0.5, 0.6) is 11.5 Å². The summed E-state index contributed by atoms with van der Waals surface area (Å²) in [7, 11) is 0. The van der Waals surface area contributed by atoms with E-state index in [0.29, 0.717) is 23.7 Å². The van der Waals surface area contributed by atoms with Crippen molar-refractivity contribution >= 4 is 11.8 Å². The molecule has 0 atom stereocenters. The van der Waals surface area contributed by atoms with Crippen molar-refractivity contribution < 1.29 is 19.1 Å². The third kappa shape index (κ3) is 3.33. The molecule has 26 heavy (non-hydrogen) atoms. The van der Waals surface area contributed by atoms with Gasteiger partial charge in [-0.2, -0.15) is 0 Å². The third-order valence-corrected chi connectivity index (χ3v) is 4.48. The molecule has 0 radical (unpaired) electrons. The molecule has 0 saturated carbocycles. The van der Waals surface area contributed by atoms with Crippen molar-refractivity contribution in [2.45, 2.75) is 19.4 Å². The van der Waals surface area contributed by atoms with Gasteiger partial charge < -0.3 is 19.7 Å². The zero-order chi connectivity index (χ0) is 17.9. The van der Waals surface area contributed by atoms with Crippen molar-refractivity contribution in [2.24, 2.45) is 0 Å². The molecular weight excluding hydrogens is 334 g/mol. The predicted molar refractivity (Wildman–Crippen MR) is 93.1 cm³/mol. The lowest BCUT2D eigenvalue weighted by atomic mass is 10.2. The van der Waals surface area contributed by atoms with Gasteiger partial charge in [0, 0.05) is 19.6 Å². The number of likely N-dealkylation sites (tertiary alicyclic amines) is 1. The van der Waals surface area contributed by atoms with Crippen LogP contribution in [0.3, 0.4) is 0 Å². The van der Waals surface area contributed by atoms with E-state index in [1.54, 1.807) is 23.1 Å². The number of carbonyl (C=O) groups excluding carboxylic acids is 2. The van der Waals surface area contributed by atoms with E-state index in [-0.39, 0.29) is 24.3 Å². The molecule has 1 N–H and O–H groups in total. The Morgan fingerprint density at radius 3 is 2.65 bits per heavy atom. The monoisotopic (exact) mass is 353 g/mol. The van der Waals surface area contributed by atoms with Gasteiger partial charge in [-0.3, -0.25) is 9.59 Å². The van der Waals surface area contributed by atoms with Crippen LogP contribution < -0.4 is 14.8 Å². The Bertz CT molecular complexity index is 846. The van der Waals surface area contributed by atoms with E-state index >= 15 is 0 Å². The van der Waals surface area contributed by atoms with Crippen molar-refractivity contribution in [1.82, 2.24) is 15.2 Å². The van der Waals surface area contributed by atoms with Gasteiger partial charge in [0.05, 0.1) is 0 Å². The number of carbonyl (C=O) groups is 2. The molecule has 2 aliphatic rings. The second-order valence-corrected chi connectivity index (χ2v) is 6.28. The fourth-order valence-electron chi connectivity index (χ4n) is 3.09. The van der Waals surface area contributed by atoms with E-state index in [4.69, 9.17) is 9.47 Å². The Balaban J connectivity index is 1.41. The summed E-state index contributed by atoms with van der Waals surface area (Å²) in [4.78, 5) is 30.8. The fourth-order valence-corrected chi connectivity index (χ4v) is 3.09. The van der Waals surface area contributed by atoms with Crippen molar-refractivity contribution in [3.8, 4) is 11.5 Å². The molecule has 4 rings (SSSR count). The molecule has 0 bridgehead atoms. The highest BCUT2D eigenvalue weighted by Crippen LogP contribution is 2.32. The number of benzene rings is 1. The summed E-state index contributed by atoms with van der Waals surface area (Å²) in [5.41, 5.74) is 1.44. The molecule has 2 amide bonds. The Labute approximate surface area is 150 Å². The smallest absolute Gasteiger partial charge is 0.272 e. The highest BCUT2D eigenvalue weighted by Gasteiger charge is 2.21. The number of fused-ring (bicyclic) bond motifs is 1. The highest BCUT2D eigenvalue weighted by atomic mass is 16.7. The molecule has 2 aliphatic heterocycles. The summed E-state index contributed by atoms with van der Waals surface area (Å²) < 4.78 is 10.6. The van der Waals surface area contributed by atoms with E-state index in [0.717, 1.165) is 31.5 Å². The topological polar surface area (TPSA) is 80.8 Å². The second kappa shape index (κ2) is 7.03. The Kier molecular flexibility index (Phi) is 4.43. The lowest BCUT2D eigenvalue weighted by Gasteiger charge is -2.14. The van der Waals surface area contributed by atoms with E-state index in [9.17, 15) is 9.59 Å². The van der Waals surface area contributed by atoms with Gasteiger partial charge >= 0.3 is 0 Å². The molecule has 7 nitrogen and oxygen atoms in total. The third-order valence-electron chi connectivity index (χ3n) is 4.48. The number of amides is 2. The number of rotatable bonds is 4. The number of pyridine rings is 1. The molecule has 3 heterocycles. The minimum absolute atomic E-state index is 0.118. The number of hydrogen-bond donors (Lipinski definition) is 1. The van der Waals surface area contributed by atoms with Crippen LogP contribution in [0, 0.1) is 0 Å². The number of nitrogens with one attached hydrogen (secondary N) is 1. The van der Waals surface area contributed by atoms with Crippen molar-refractivity contribution in [3.05, 3.63) is 53.3 Å². The summed E-state index contributed by atoms with van der Waals surface area (Å²) in [6, 6.07) is 10.5. The molecule has 0 unspecified atom stereocenters. The summed E-state index contributed by atoms with van der Waals surface area (Å²) in [5.74, 6) is 0.939. The Morgan fingerprint density at radius 1 is 1.04 bits per heavy atom. The average molecular weight is 353 g/mol.